The fraction of sp³-hybridized carbons (Fsp3) is 0.600. The second-order valence-corrected chi connectivity index (χ2v) is 5.67. The van der Waals surface area contributed by atoms with E-state index >= 15 is 0 Å². The van der Waals surface area contributed by atoms with E-state index < -0.39 is 0 Å². The third-order valence-corrected chi connectivity index (χ3v) is 3.02. The molecule has 0 bridgehead atoms. The zero-order valence-electron chi connectivity index (χ0n) is 11.5. The maximum absolute atomic E-state index is 10.0. The maximum Gasteiger partial charge on any atom is 0.0760 e. The second-order valence-electron chi connectivity index (χ2n) is 5.67. The van der Waals surface area contributed by atoms with Gasteiger partial charge in [0.05, 0.1) is 6.10 Å². The number of anilines is 1. The Kier molecular flexibility index (Phi) is 5.01. The van der Waals surface area contributed by atoms with Crippen LogP contribution in [0.3, 0.4) is 0 Å². The van der Waals surface area contributed by atoms with Gasteiger partial charge in [-0.3, -0.25) is 0 Å². The first-order chi connectivity index (χ1) is 7.95. The van der Waals surface area contributed by atoms with Crippen LogP contribution in [0.4, 0.5) is 5.69 Å². The average Bonchev–Trinajstić information content (AvgIpc) is 2.26. The van der Waals surface area contributed by atoms with Crippen LogP contribution in [0.25, 0.3) is 0 Å². The van der Waals surface area contributed by atoms with Crippen LogP contribution in [0.1, 0.15) is 39.7 Å². The fourth-order valence-corrected chi connectivity index (χ4v) is 1.69. The van der Waals surface area contributed by atoms with Crippen molar-refractivity contribution in [2.45, 2.75) is 46.6 Å². The topological polar surface area (TPSA) is 32.3 Å². The van der Waals surface area contributed by atoms with E-state index in [1.165, 1.54) is 5.56 Å². The van der Waals surface area contributed by atoms with E-state index in [9.17, 15) is 5.11 Å². The van der Waals surface area contributed by atoms with Gasteiger partial charge in [0.1, 0.15) is 0 Å². The molecular formula is C15H25NO. The third-order valence-electron chi connectivity index (χ3n) is 3.02. The van der Waals surface area contributed by atoms with E-state index in [-0.39, 0.29) is 11.5 Å². The predicted molar refractivity (Wildman–Crippen MR) is 74.4 cm³/mol. The van der Waals surface area contributed by atoms with Crippen LogP contribution < -0.4 is 5.32 Å². The van der Waals surface area contributed by atoms with Crippen LogP contribution in [-0.4, -0.2) is 17.8 Å². The van der Waals surface area contributed by atoms with Gasteiger partial charge in [-0.05, 0) is 23.5 Å². The Labute approximate surface area is 105 Å². The number of aliphatic hydroxyl groups is 1. The van der Waals surface area contributed by atoms with Crippen molar-refractivity contribution in [3.63, 3.8) is 0 Å². The SMILES string of the molecule is CCCc1ccccc1NCC(O)C(C)(C)C. The van der Waals surface area contributed by atoms with Crippen molar-refractivity contribution in [2.75, 3.05) is 11.9 Å². The van der Waals surface area contributed by atoms with Crippen LogP contribution in [0.5, 0.6) is 0 Å². The van der Waals surface area contributed by atoms with E-state index in [1.54, 1.807) is 0 Å². The highest BCUT2D eigenvalue weighted by Crippen LogP contribution is 2.21. The van der Waals surface area contributed by atoms with Crippen LogP contribution in [0.2, 0.25) is 0 Å². The minimum absolute atomic E-state index is 0.0767. The number of rotatable bonds is 5. The van der Waals surface area contributed by atoms with Crippen LogP contribution in [0, 0.1) is 5.41 Å². The molecule has 0 radical (unpaired) electrons. The molecule has 0 aliphatic rings. The van der Waals surface area contributed by atoms with E-state index in [1.807, 2.05) is 6.07 Å². The molecule has 1 aromatic rings. The molecule has 1 rings (SSSR count). The highest BCUT2D eigenvalue weighted by atomic mass is 16.3. The molecule has 0 amide bonds. The Hall–Kier alpha value is -1.02. The first-order valence-corrected chi connectivity index (χ1v) is 6.45. The van der Waals surface area contributed by atoms with Gasteiger partial charge >= 0.3 is 0 Å². The summed E-state index contributed by atoms with van der Waals surface area (Å²) in [6.45, 7) is 8.94. The summed E-state index contributed by atoms with van der Waals surface area (Å²) in [6.07, 6.45) is 1.88. The Morgan fingerprint density at radius 1 is 1.24 bits per heavy atom. The van der Waals surface area contributed by atoms with Crippen LogP contribution >= 0.6 is 0 Å². The zero-order valence-corrected chi connectivity index (χ0v) is 11.5. The lowest BCUT2D eigenvalue weighted by Gasteiger charge is -2.26. The summed E-state index contributed by atoms with van der Waals surface area (Å²) in [5.41, 5.74) is 2.40. The molecule has 0 saturated carbocycles. The van der Waals surface area contributed by atoms with Crippen molar-refractivity contribution in [3.05, 3.63) is 29.8 Å². The average molecular weight is 235 g/mol. The van der Waals surface area contributed by atoms with Crippen molar-refractivity contribution >= 4 is 5.69 Å². The van der Waals surface area contributed by atoms with Crippen molar-refractivity contribution in [3.8, 4) is 0 Å². The van der Waals surface area contributed by atoms with E-state index in [0.29, 0.717) is 6.54 Å². The lowest BCUT2D eigenvalue weighted by Crippen LogP contribution is -2.33. The standard InChI is InChI=1S/C15H25NO/c1-5-8-12-9-6-7-10-13(12)16-11-14(17)15(2,3)4/h6-7,9-10,14,16-17H,5,8,11H2,1-4H3. The highest BCUT2D eigenvalue weighted by Gasteiger charge is 2.21. The predicted octanol–water partition coefficient (Wildman–Crippen LogP) is 3.46. The molecule has 1 unspecified atom stereocenters. The molecule has 0 fully saturated rings. The summed E-state index contributed by atoms with van der Waals surface area (Å²) in [5.74, 6) is 0. The number of nitrogens with one attached hydrogen (secondary N) is 1. The molecule has 1 atom stereocenters. The Balaban J connectivity index is 2.63. The van der Waals surface area contributed by atoms with Gasteiger partial charge in [0.15, 0.2) is 0 Å². The van der Waals surface area contributed by atoms with Crippen LogP contribution in [0.15, 0.2) is 24.3 Å². The fourth-order valence-electron chi connectivity index (χ4n) is 1.69. The molecule has 2 N–H and O–H groups in total. The number of para-hydroxylation sites is 1. The molecule has 0 heterocycles. The van der Waals surface area contributed by atoms with Gasteiger partial charge in [-0.25, -0.2) is 0 Å². The minimum atomic E-state index is -0.336. The summed E-state index contributed by atoms with van der Waals surface area (Å²) in [4.78, 5) is 0. The monoisotopic (exact) mass is 235 g/mol. The molecule has 0 aliphatic carbocycles. The molecule has 96 valence electrons. The molecule has 0 aromatic heterocycles. The van der Waals surface area contributed by atoms with Gasteiger partial charge in [0.25, 0.3) is 0 Å². The maximum atomic E-state index is 10.0. The molecule has 0 spiro atoms. The number of hydrogen-bond acceptors (Lipinski definition) is 2. The molecule has 0 aliphatic heterocycles. The molecule has 2 nitrogen and oxygen atoms in total. The van der Waals surface area contributed by atoms with Gasteiger partial charge in [0, 0.05) is 12.2 Å². The summed E-state index contributed by atoms with van der Waals surface area (Å²) < 4.78 is 0. The number of benzene rings is 1. The van der Waals surface area contributed by atoms with Gasteiger partial charge in [0.2, 0.25) is 0 Å². The Bertz CT molecular complexity index is 341. The summed E-state index contributed by atoms with van der Waals surface area (Å²) in [7, 11) is 0. The lowest BCUT2D eigenvalue weighted by atomic mass is 9.89. The van der Waals surface area contributed by atoms with E-state index in [0.717, 1.165) is 18.5 Å². The Morgan fingerprint density at radius 3 is 2.47 bits per heavy atom. The first-order valence-electron chi connectivity index (χ1n) is 6.45. The van der Waals surface area contributed by atoms with E-state index in [2.05, 4.69) is 51.2 Å². The largest absolute Gasteiger partial charge is 0.391 e. The van der Waals surface area contributed by atoms with E-state index in [4.69, 9.17) is 0 Å². The number of aliphatic hydroxyl groups excluding tert-OH is 1. The molecule has 17 heavy (non-hydrogen) atoms. The van der Waals surface area contributed by atoms with Crippen molar-refractivity contribution < 1.29 is 5.11 Å². The normalized spacial score (nSPS) is 13.5. The third kappa shape index (κ3) is 4.39. The molecule has 0 saturated heterocycles. The molecule has 1 aromatic carbocycles. The van der Waals surface area contributed by atoms with Gasteiger partial charge in [-0.2, -0.15) is 0 Å². The molecule has 2 heteroatoms. The van der Waals surface area contributed by atoms with Crippen molar-refractivity contribution in [2.24, 2.45) is 5.41 Å². The van der Waals surface area contributed by atoms with Gasteiger partial charge < -0.3 is 10.4 Å². The second kappa shape index (κ2) is 6.06. The quantitative estimate of drug-likeness (QED) is 0.819. The number of hydrogen-bond donors (Lipinski definition) is 2. The summed E-state index contributed by atoms with van der Waals surface area (Å²) in [6, 6.07) is 8.33. The first kappa shape index (κ1) is 14.0. The minimum Gasteiger partial charge on any atom is -0.391 e. The zero-order chi connectivity index (χ0) is 12.9. The van der Waals surface area contributed by atoms with Crippen LogP contribution in [-0.2, 0) is 6.42 Å². The van der Waals surface area contributed by atoms with Crippen molar-refractivity contribution in [1.29, 1.82) is 0 Å². The lowest BCUT2D eigenvalue weighted by molar-refractivity contribution is 0.0746. The van der Waals surface area contributed by atoms with Crippen molar-refractivity contribution in [1.82, 2.24) is 0 Å². The Morgan fingerprint density at radius 2 is 1.88 bits per heavy atom. The van der Waals surface area contributed by atoms with Gasteiger partial charge in [-0.15, -0.1) is 0 Å². The number of aryl methyl sites for hydroxylation is 1. The smallest absolute Gasteiger partial charge is 0.0760 e. The highest BCUT2D eigenvalue weighted by molar-refractivity contribution is 5.51. The molecular weight excluding hydrogens is 210 g/mol. The van der Waals surface area contributed by atoms with Gasteiger partial charge in [-0.1, -0.05) is 52.3 Å². The summed E-state index contributed by atoms with van der Waals surface area (Å²) in [5, 5.41) is 13.4. The summed E-state index contributed by atoms with van der Waals surface area (Å²) >= 11 is 0.